The summed E-state index contributed by atoms with van der Waals surface area (Å²) in [4.78, 5) is 29.0. The number of likely N-dealkylation sites (tertiary alicyclic amines) is 1. The Labute approximate surface area is 234 Å². The number of hydrogen-bond acceptors (Lipinski definition) is 6. The van der Waals surface area contributed by atoms with Gasteiger partial charge >= 0.3 is 0 Å². The summed E-state index contributed by atoms with van der Waals surface area (Å²) in [6, 6.07) is 14.9. The van der Waals surface area contributed by atoms with Crippen molar-refractivity contribution in [3.8, 4) is 0 Å². The number of nitrogens with zero attached hydrogens (tertiary/aromatic N) is 5. The van der Waals surface area contributed by atoms with Gasteiger partial charge in [0.15, 0.2) is 0 Å². The minimum absolute atomic E-state index is 0.220. The number of nitrogens with one attached hydrogen (secondary N) is 1. The number of pyridine rings is 2. The van der Waals surface area contributed by atoms with Crippen LogP contribution in [-0.2, 0) is 6.54 Å². The second-order valence-corrected chi connectivity index (χ2v) is 11.4. The van der Waals surface area contributed by atoms with Gasteiger partial charge in [0.05, 0.1) is 0 Å². The number of fused-ring (bicyclic) bond motifs is 4. The van der Waals surface area contributed by atoms with Gasteiger partial charge in [0.2, 0.25) is 0 Å². The molecule has 4 aliphatic heterocycles. The Bertz CT molecular complexity index is 1300. The SMILES string of the molecule is O=C(Nc1ccnc(N2CC3CCC(C2)N(C2CCN(Cc4ccc(F)cc4Cl)CC2)C3)c1)c1ccccn1. The Balaban J connectivity index is 1.08. The molecule has 204 valence electrons. The summed E-state index contributed by atoms with van der Waals surface area (Å²) in [6.07, 6.45) is 8.12. The summed E-state index contributed by atoms with van der Waals surface area (Å²) in [5, 5.41) is 3.48. The van der Waals surface area contributed by atoms with Crippen LogP contribution < -0.4 is 10.2 Å². The van der Waals surface area contributed by atoms with E-state index in [1.807, 2.05) is 18.2 Å². The highest BCUT2D eigenvalue weighted by atomic mass is 35.5. The Morgan fingerprint density at radius 1 is 0.949 bits per heavy atom. The van der Waals surface area contributed by atoms with Gasteiger partial charge in [-0.1, -0.05) is 23.7 Å². The minimum atomic E-state index is -0.288. The molecule has 0 spiro atoms. The van der Waals surface area contributed by atoms with Crippen LogP contribution >= 0.6 is 11.6 Å². The smallest absolute Gasteiger partial charge is 0.274 e. The number of rotatable bonds is 6. The van der Waals surface area contributed by atoms with Gasteiger partial charge in [0.1, 0.15) is 17.3 Å². The normalized spacial score (nSPS) is 22.6. The predicted octanol–water partition coefficient (Wildman–Crippen LogP) is 5.09. The quantitative estimate of drug-likeness (QED) is 0.463. The molecule has 4 saturated heterocycles. The molecule has 7 nitrogen and oxygen atoms in total. The zero-order valence-corrected chi connectivity index (χ0v) is 22.7. The van der Waals surface area contributed by atoms with Crippen LogP contribution in [0.1, 0.15) is 41.7 Å². The molecule has 3 aromatic rings. The second-order valence-electron chi connectivity index (χ2n) is 11.0. The summed E-state index contributed by atoms with van der Waals surface area (Å²) < 4.78 is 13.4. The molecule has 1 amide bonds. The van der Waals surface area contributed by atoms with Crippen LogP contribution in [0.2, 0.25) is 5.02 Å². The number of amides is 1. The number of piperidine rings is 2. The van der Waals surface area contributed by atoms with Crippen molar-refractivity contribution in [3.05, 3.63) is 83.0 Å². The standard InChI is InChI=1S/C30H34ClFN6O/c31-27-15-23(32)6-5-22(27)19-36-13-9-25(10-14-36)38-18-21-4-7-26(38)20-37(17-21)29-16-24(8-12-34-29)35-30(39)28-3-1-2-11-33-28/h1-3,5-6,8,11-12,15-16,21,25-26H,4,7,9-10,13-14,17-20H2,(H,34,35,39). The monoisotopic (exact) mass is 548 g/mol. The average Bonchev–Trinajstić information content (AvgIpc) is 3.28. The third kappa shape index (κ3) is 6.08. The van der Waals surface area contributed by atoms with Crippen LogP contribution in [-0.4, -0.2) is 70.5 Å². The fourth-order valence-corrected chi connectivity index (χ4v) is 6.64. The Morgan fingerprint density at radius 3 is 2.62 bits per heavy atom. The van der Waals surface area contributed by atoms with E-state index in [1.165, 1.54) is 25.0 Å². The molecule has 6 heterocycles. The van der Waals surface area contributed by atoms with Crippen molar-refractivity contribution in [3.63, 3.8) is 0 Å². The van der Waals surface area contributed by atoms with Crippen molar-refractivity contribution in [1.29, 1.82) is 0 Å². The highest BCUT2D eigenvalue weighted by molar-refractivity contribution is 6.31. The van der Waals surface area contributed by atoms with Gasteiger partial charge in [-0.2, -0.15) is 0 Å². The van der Waals surface area contributed by atoms with Crippen LogP contribution in [0, 0.1) is 11.7 Å². The molecule has 2 unspecified atom stereocenters. The zero-order valence-electron chi connectivity index (χ0n) is 22.0. The molecule has 4 aliphatic rings. The molecule has 2 bridgehead atoms. The van der Waals surface area contributed by atoms with Crippen molar-refractivity contribution in [2.45, 2.75) is 44.3 Å². The average molecular weight is 549 g/mol. The van der Waals surface area contributed by atoms with Crippen LogP contribution in [0.3, 0.4) is 0 Å². The summed E-state index contributed by atoms with van der Waals surface area (Å²) in [5.74, 6) is 1.01. The lowest BCUT2D eigenvalue weighted by Gasteiger charge is -2.45. The molecule has 0 aliphatic carbocycles. The number of carbonyl (C=O) groups excluding carboxylic acids is 1. The van der Waals surface area contributed by atoms with E-state index in [4.69, 9.17) is 11.6 Å². The molecular formula is C30H34ClFN6O. The predicted molar refractivity (Wildman–Crippen MR) is 152 cm³/mol. The Hall–Kier alpha value is -3.07. The van der Waals surface area contributed by atoms with Gasteiger partial charge in [0, 0.05) is 67.4 Å². The number of hydrogen-bond donors (Lipinski definition) is 1. The van der Waals surface area contributed by atoms with Crippen molar-refractivity contribution in [2.24, 2.45) is 5.92 Å². The molecule has 2 atom stereocenters. The third-order valence-electron chi connectivity index (χ3n) is 8.42. The molecule has 39 heavy (non-hydrogen) atoms. The molecule has 1 N–H and O–H groups in total. The summed E-state index contributed by atoms with van der Waals surface area (Å²) in [7, 11) is 0. The maximum atomic E-state index is 13.4. The highest BCUT2D eigenvalue weighted by Crippen LogP contribution is 2.34. The molecular weight excluding hydrogens is 515 g/mol. The second kappa shape index (κ2) is 11.6. The maximum Gasteiger partial charge on any atom is 0.274 e. The molecule has 0 saturated carbocycles. The summed E-state index contributed by atoms with van der Waals surface area (Å²) >= 11 is 6.28. The van der Waals surface area contributed by atoms with Crippen molar-refractivity contribution < 1.29 is 9.18 Å². The van der Waals surface area contributed by atoms with Gasteiger partial charge in [-0.15, -0.1) is 0 Å². The number of anilines is 2. The van der Waals surface area contributed by atoms with E-state index in [0.29, 0.717) is 28.7 Å². The first-order valence-corrected chi connectivity index (χ1v) is 14.2. The fourth-order valence-electron chi connectivity index (χ4n) is 6.41. The molecule has 9 heteroatoms. The summed E-state index contributed by atoms with van der Waals surface area (Å²) in [5.41, 5.74) is 2.12. The topological polar surface area (TPSA) is 64.6 Å². The van der Waals surface area contributed by atoms with E-state index in [2.05, 4.69) is 30.0 Å². The van der Waals surface area contributed by atoms with E-state index < -0.39 is 0 Å². The van der Waals surface area contributed by atoms with Gasteiger partial charge in [-0.25, -0.2) is 9.37 Å². The number of benzene rings is 1. The zero-order chi connectivity index (χ0) is 26.8. The molecule has 7 rings (SSSR count). The first-order valence-electron chi connectivity index (χ1n) is 13.9. The number of carbonyl (C=O) groups is 1. The minimum Gasteiger partial charge on any atom is -0.355 e. The van der Waals surface area contributed by atoms with E-state index in [9.17, 15) is 9.18 Å². The number of halogens is 2. The lowest BCUT2D eigenvalue weighted by atomic mass is 9.91. The van der Waals surface area contributed by atoms with Crippen molar-refractivity contribution >= 4 is 29.0 Å². The first-order chi connectivity index (χ1) is 19.0. The highest BCUT2D eigenvalue weighted by Gasteiger charge is 2.39. The lowest BCUT2D eigenvalue weighted by Crippen LogP contribution is -2.53. The van der Waals surface area contributed by atoms with Crippen LogP contribution in [0.15, 0.2) is 60.9 Å². The Morgan fingerprint density at radius 2 is 1.82 bits per heavy atom. The van der Waals surface area contributed by atoms with Gasteiger partial charge < -0.3 is 10.2 Å². The molecule has 1 aromatic carbocycles. The van der Waals surface area contributed by atoms with E-state index in [1.54, 1.807) is 30.6 Å². The third-order valence-corrected chi connectivity index (χ3v) is 8.77. The van der Waals surface area contributed by atoms with Crippen molar-refractivity contribution in [1.82, 2.24) is 19.8 Å². The van der Waals surface area contributed by atoms with Gasteiger partial charge in [0.25, 0.3) is 5.91 Å². The van der Waals surface area contributed by atoms with E-state index >= 15 is 0 Å². The fraction of sp³-hybridized carbons (Fsp3) is 0.433. The van der Waals surface area contributed by atoms with Gasteiger partial charge in [-0.05, 0) is 80.6 Å². The molecule has 2 aromatic heterocycles. The van der Waals surface area contributed by atoms with E-state index in [0.717, 1.165) is 69.2 Å². The maximum absolute atomic E-state index is 13.4. The van der Waals surface area contributed by atoms with Crippen LogP contribution in [0.4, 0.5) is 15.9 Å². The lowest BCUT2D eigenvalue weighted by molar-refractivity contribution is 0.0425. The number of aromatic nitrogens is 2. The van der Waals surface area contributed by atoms with Gasteiger partial charge in [-0.3, -0.25) is 19.6 Å². The first kappa shape index (κ1) is 26.2. The van der Waals surface area contributed by atoms with Crippen LogP contribution in [0.5, 0.6) is 0 Å². The molecule has 0 radical (unpaired) electrons. The van der Waals surface area contributed by atoms with E-state index in [-0.39, 0.29) is 11.7 Å². The van der Waals surface area contributed by atoms with Crippen LogP contribution in [0.25, 0.3) is 0 Å². The molecule has 4 fully saturated rings. The largest absolute Gasteiger partial charge is 0.355 e. The Kier molecular flexibility index (Phi) is 7.77. The van der Waals surface area contributed by atoms with Crippen molar-refractivity contribution in [2.75, 3.05) is 42.9 Å². The summed E-state index contributed by atoms with van der Waals surface area (Å²) in [6.45, 7) is 5.88.